The van der Waals surface area contributed by atoms with E-state index in [1.165, 1.54) is 0 Å². The second kappa shape index (κ2) is 4.28. The molecule has 0 saturated carbocycles. The Bertz CT molecular complexity index is 468. The van der Waals surface area contributed by atoms with E-state index in [4.69, 9.17) is 9.84 Å². The monoisotopic (exact) mass is 203 g/mol. The van der Waals surface area contributed by atoms with Crippen LogP contribution in [0, 0.1) is 6.92 Å². The summed E-state index contributed by atoms with van der Waals surface area (Å²) in [5.41, 5.74) is 1.81. The van der Waals surface area contributed by atoms with Gasteiger partial charge in [-0.05, 0) is 19.1 Å². The Morgan fingerprint density at radius 2 is 2.13 bits per heavy atom. The van der Waals surface area contributed by atoms with Crippen molar-refractivity contribution in [2.45, 2.75) is 6.92 Å². The molecule has 0 aliphatic rings. The minimum absolute atomic E-state index is 0.0161. The summed E-state index contributed by atoms with van der Waals surface area (Å²) in [6.07, 6.45) is 0. The molecule has 0 spiro atoms. The third-order valence-corrected chi connectivity index (χ3v) is 2.17. The van der Waals surface area contributed by atoms with E-state index in [1.54, 1.807) is 0 Å². The number of ether oxygens (including phenoxy) is 1. The van der Waals surface area contributed by atoms with Crippen molar-refractivity contribution in [3.05, 3.63) is 36.0 Å². The zero-order chi connectivity index (χ0) is 10.7. The number of aliphatic hydroxyl groups is 1. The number of hydrogen-bond acceptors (Lipinski definition) is 3. The molecule has 1 N–H and O–H groups in total. The van der Waals surface area contributed by atoms with E-state index in [-0.39, 0.29) is 6.61 Å². The van der Waals surface area contributed by atoms with Gasteiger partial charge in [-0.25, -0.2) is 4.98 Å². The molecule has 1 aromatic carbocycles. The normalized spacial score (nSPS) is 10.5. The molecule has 3 nitrogen and oxygen atoms in total. The molecule has 0 saturated heterocycles. The van der Waals surface area contributed by atoms with Gasteiger partial charge in [0.25, 0.3) is 0 Å². The average molecular weight is 203 g/mol. The van der Waals surface area contributed by atoms with Crippen LogP contribution >= 0.6 is 0 Å². The number of aliphatic hydroxyl groups excluding tert-OH is 1. The number of hydrogen-bond donors (Lipinski definition) is 1. The van der Waals surface area contributed by atoms with E-state index < -0.39 is 0 Å². The van der Waals surface area contributed by atoms with Gasteiger partial charge < -0.3 is 9.84 Å². The Balaban J connectivity index is 2.48. The Labute approximate surface area is 88.3 Å². The third-order valence-electron chi connectivity index (χ3n) is 2.17. The molecule has 0 atom stereocenters. The predicted molar refractivity (Wildman–Crippen MR) is 59.1 cm³/mol. The molecular weight excluding hydrogens is 190 g/mol. The lowest BCUT2D eigenvalue weighted by molar-refractivity contribution is 0.202. The maximum Gasteiger partial charge on any atom is 0.145 e. The molecule has 3 heteroatoms. The molecule has 15 heavy (non-hydrogen) atoms. The number of nitrogens with zero attached hydrogens (tertiary/aromatic N) is 1. The van der Waals surface area contributed by atoms with Crippen molar-refractivity contribution in [1.29, 1.82) is 0 Å². The Morgan fingerprint density at radius 1 is 1.27 bits per heavy atom. The molecule has 2 aromatic rings. The molecule has 0 fully saturated rings. The van der Waals surface area contributed by atoms with Gasteiger partial charge >= 0.3 is 0 Å². The lowest BCUT2D eigenvalue weighted by atomic mass is 10.2. The van der Waals surface area contributed by atoms with Crippen molar-refractivity contribution >= 4 is 10.9 Å². The summed E-state index contributed by atoms with van der Waals surface area (Å²) in [6, 6.07) is 9.77. The van der Waals surface area contributed by atoms with E-state index in [2.05, 4.69) is 4.98 Å². The molecule has 0 aliphatic carbocycles. The Kier molecular flexibility index (Phi) is 2.83. The van der Waals surface area contributed by atoms with Gasteiger partial charge in [-0.1, -0.05) is 18.2 Å². The highest BCUT2D eigenvalue weighted by Crippen LogP contribution is 2.23. The number of para-hydroxylation sites is 1. The molecular formula is C12H13NO2. The Morgan fingerprint density at radius 3 is 2.93 bits per heavy atom. The molecule has 78 valence electrons. The van der Waals surface area contributed by atoms with E-state index >= 15 is 0 Å². The molecule has 0 amide bonds. The van der Waals surface area contributed by atoms with Gasteiger partial charge in [0.15, 0.2) is 0 Å². The number of rotatable bonds is 3. The third kappa shape index (κ3) is 2.07. The van der Waals surface area contributed by atoms with Gasteiger partial charge in [-0.15, -0.1) is 0 Å². The number of fused-ring (bicyclic) bond motifs is 1. The molecule has 0 radical (unpaired) electrons. The lowest BCUT2D eigenvalue weighted by Gasteiger charge is -2.07. The van der Waals surface area contributed by atoms with Crippen molar-refractivity contribution in [2.75, 3.05) is 13.2 Å². The average Bonchev–Trinajstić information content (AvgIpc) is 2.26. The van der Waals surface area contributed by atoms with E-state index in [0.29, 0.717) is 6.61 Å². The van der Waals surface area contributed by atoms with Gasteiger partial charge in [0.2, 0.25) is 0 Å². The molecule has 0 bridgehead atoms. The van der Waals surface area contributed by atoms with Crippen molar-refractivity contribution in [2.24, 2.45) is 0 Å². The Hall–Kier alpha value is -1.61. The second-order valence-electron chi connectivity index (χ2n) is 3.35. The van der Waals surface area contributed by atoms with Crippen molar-refractivity contribution in [3.8, 4) is 5.75 Å². The quantitative estimate of drug-likeness (QED) is 0.828. The van der Waals surface area contributed by atoms with Crippen molar-refractivity contribution in [1.82, 2.24) is 4.98 Å². The van der Waals surface area contributed by atoms with Gasteiger partial charge in [-0.2, -0.15) is 0 Å². The maximum atomic E-state index is 8.71. The van der Waals surface area contributed by atoms with Crippen LogP contribution in [0.15, 0.2) is 30.3 Å². The first kappa shape index (κ1) is 9.93. The zero-order valence-electron chi connectivity index (χ0n) is 8.60. The number of aromatic nitrogens is 1. The summed E-state index contributed by atoms with van der Waals surface area (Å²) in [4.78, 5) is 4.42. The minimum Gasteiger partial charge on any atom is -0.489 e. The highest BCUT2D eigenvalue weighted by atomic mass is 16.5. The van der Waals surface area contributed by atoms with E-state index in [1.807, 2.05) is 37.3 Å². The fourth-order valence-electron chi connectivity index (χ4n) is 1.49. The summed E-state index contributed by atoms with van der Waals surface area (Å²) in [5.74, 6) is 0.727. The first-order valence-electron chi connectivity index (χ1n) is 4.91. The number of aryl methyl sites for hydroxylation is 1. The predicted octanol–water partition coefficient (Wildman–Crippen LogP) is 1.91. The largest absolute Gasteiger partial charge is 0.489 e. The summed E-state index contributed by atoms with van der Waals surface area (Å²) >= 11 is 0. The topological polar surface area (TPSA) is 42.4 Å². The van der Waals surface area contributed by atoms with Crippen LogP contribution < -0.4 is 4.74 Å². The number of benzene rings is 1. The minimum atomic E-state index is 0.0161. The highest BCUT2D eigenvalue weighted by molar-refractivity contribution is 5.84. The van der Waals surface area contributed by atoms with Crippen LogP contribution in [0.5, 0.6) is 5.75 Å². The molecule has 0 unspecified atom stereocenters. The second-order valence-corrected chi connectivity index (χ2v) is 3.35. The van der Waals surface area contributed by atoms with Gasteiger partial charge in [0.1, 0.15) is 17.9 Å². The SMILES string of the molecule is Cc1ccc2cccc(OCCO)c2n1. The van der Waals surface area contributed by atoms with Crippen LogP contribution in [0.3, 0.4) is 0 Å². The summed E-state index contributed by atoms with van der Waals surface area (Å²) in [6.45, 7) is 2.26. The van der Waals surface area contributed by atoms with Gasteiger partial charge in [0, 0.05) is 11.1 Å². The van der Waals surface area contributed by atoms with E-state index in [0.717, 1.165) is 22.3 Å². The summed E-state index contributed by atoms with van der Waals surface area (Å²) < 4.78 is 5.41. The van der Waals surface area contributed by atoms with Crippen LogP contribution in [0.2, 0.25) is 0 Å². The standard InChI is InChI=1S/C12H13NO2/c1-9-5-6-10-3-2-4-11(12(10)13-9)15-8-7-14/h2-6,14H,7-8H2,1H3. The van der Waals surface area contributed by atoms with Crippen molar-refractivity contribution in [3.63, 3.8) is 0 Å². The smallest absolute Gasteiger partial charge is 0.145 e. The zero-order valence-corrected chi connectivity index (χ0v) is 8.60. The fourth-order valence-corrected chi connectivity index (χ4v) is 1.49. The van der Waals surface area contributed by atoms with Crippen LogP contribution in [0.4, 0.5) is 0 Å². The highest BCUT2D eigenvalue weighted by Gasteiger charge is 2.02. The van der Waals surface area contributed by atoms with E-state index in [9.17, 15) is 0 Å². The van der Waals surface area contributed by atoms with Crippen LogP contribution in [-0.2, 0) is 0 Å². The van der Waals surface area contributed by atoms with Crippen LogP contribution in [-0.4, -0.2) is 23.3 Å². The lowest BCUT2D eigenvalue weighted by Crippen LogP contribution is -2.02. The maximum absolute atomic E-state index is 8.71. The molecule has 1 heterocycles. The van der Waals surface area contributed by atoms with Crippen LogP contribution in [0.1, 0.15) is 5.69 Å². The molecule has 0 aliphatic heterocycles. The first-order chi connectivity index (χ1) is 7.31. The molecule has 1 aromatic heterocycles. The number of pyridine rings is 1. The summed E-state index contributed by atoms with van der Waals surface area (Å²) in [5, 5.41) is 9.76. The molecule has 2 rings (SSSR count). The van der Waals surface area contributed by atoms with Gasteiger partial charge in [0.05, 0.1) is 6.61 Å². The van der Waals surface area contributed by atoms with Crippen LogP contribution in [0.25, 0.3) is 10.9 Å². The fraction of sp³-hybridized carbons (Fsp3) is 0.250. The first-order valence-corrected chi connectivity index (χ1v) is 4.91. The summed E-state index contributed by atoms with van der Waals surface area (Å²) in [7, 11) is 0. The van der Waals surface area contributed by atoms with Gasteiger partial charge in [-0.3, -0.25) is 0 Å². The van der Waals surface area contributed by atoms with Crippen molar-refractivity contribution < 1.29 is 9.84 Å².